The molecule has 0 amide bonds. The molecule has 0 bridgehead atoms. The van der Waals surface area contributed by atoms with E-state index in [1.165, 1.54) is 108 Å². The lowest BCUT2D eigenvalue weighted by molar-refractivity contribution is 0.332. The molecule has 0 unspecified atom stereocenters. The second-order valence-electron chi connectivity index (χ2n) is 21.2. The summed E-state index contributed by atoms with van der Waals surface area (Å²) in [5.41, 5.74) is 26.1. The highest BCUT2D eigenvalue weighted by Crippen LogP contribution is 2.52. The zero-order valence-corrected chi connectivity index (χ0v) is 39.5. The van der Waals surface area contributed by atoms with Gasteiger partial charge in [0.25, 0.3) is 6.71 Å². The molecule has 7 aromatic carbocycles. The Morgan fingerprint density at radius 3 is 1.49 bits per heavy atom. The lowest BCUT2D eigenvalue weighted by Crippen LogP contribution is -2.62. The summed E-state index contributed by atoms with van der Waals surface area (Å²) in [4.78, 5) is 7.71. The van der Waals surface area contributed by atoms with Crippen molar-refractivity contribution >= 4 is 74.3 Å². The molecule has 0 saturated heterocycles. The molecule has 4 heteroatoms. The van der Waals surface area contributed by atoms with Crippen LogP contribution in [0, 0.1) is 34.6 Å². The zero-order chi connectivity index (χ0) is 44.3. The Morgan fingerprint density at radius 2 is 0.968 bits per heavy atom. The number of para-hydroxylation sites is 3. The van der Waals surface area contributed by atoms with Gasteiger partial charge in [0, 0.05) is 39.8 Å². The first-order valence-electron chi connectivity index (χ1n) is 23.1. The van der Waals surface area contributed by atoms with Crippen LogP contribution in [0.4, 0.5) is 51.2 Å². The first-order chi connectivity index (χ1) is 29.9. The molecule has 0 saturated carbocycles. The molecule has 0 atom stereocenters. The predicted molar refractivity (Wildman–Crippen MR) is 273 cm³/mol. The summed E-state index contributed by atoms with van der Waals surface area (Å²) in [7, 11) is 0. The number of anilines is 9. The minimum atomic E-state index is 0.0222. The monoisotopic (exact) mass is 824 g/mol. The number of rotatable bonds is 5. The fraction of sp³-hybridized carbons (Fsp3) is 0.288. The molecule has 0 aromatic heterocycles. The number of nitrogens with zero attached hydrogens (tertiary/aromatic N) is 3. The Bertz CT molecular complexity index is 2870. The Hall–Kier alpha value is -6.00. The molecule has 3 nitrogen and oxygen atoms in total. The highest BCUT2D eigenvalue weighted by Gasteiger charge is 2.47. The largest absolute Gasteiger partial charge is 0.311 e. The van der Waals surface area contributed by atoms with Gasteiger partial charge in [0.05, 0.1) is 11.4 Å². The van der Waals surface area contributed by atoms with E-state index in [9.17, 15) is 0 Å². The van der Waals surface area contributed by atoms with Crippen molar-refractivity contribution in [1.29, 1.82) is 0 Å². The lowest BCUT2D eigenvalue weighted by atomic mass is 9.33. The SMILES string of the molecule is Cc1cc2c3c(c1)N(c1c(C)cc(C(C)(C)C)cc1C)c1cc4c(cc1B3c1ccc(N(c3ccccc3)c3ccccc3)cc1N2c1c(C)cccc1C)C(C)(C)CCC4(C)C. The van der Waals surface area contributed by atoms with Gasteiger partial charge in [-0.05, 0) is 179 Å². The van der Waals surface area contributed by atoms with Crippen molar-refractivity contribution in [3.8, 4) is 0 Å². The number of hydrogen-bond acceptors (Lipinski definition) is 3. The Balaban J connectivity index is 1.33. The van der Waals surface area contributed by atoms with Gasteiger partial charge in [-0.2, -0.15) is 0 Å². The minimum Gasteiger partial charge on any atom is -0.311 e. The van der Waals surface area contributed by atoms with E-state index in [0.717, 1.165) is 17.1 Å². The molecule has 2 heterocycles. The van der Waals surface area contributed by atoms with E-state index in [1.807, 2.05) is 0 Å². The molecule has 3 aliphatic rings. The molecule has 10 rings (SSSR count). The molecule has 7 aromatic rings. The molecule has 0 N–H and O–H groups in total. The van der Waals surface area contributed by atoms with Crippen molar-refractivity contribution < 1.29 is 0 Å². The third-order valence-corrected chi connectivity index (χ3v) is 14.7. The van der Waals surface area contributed by atoms with Crippen molar-refractivity contribution in [2.24, 2.45) is 0 Å². The highest BCUT2D eigenvalue weighted by atomic mass is 15.2. The van der Waals surface area contributed by atoms with E-state index in [1.54, 1.807) is 0 Å². The molecule has 0 fully saturated rings. The Kier molecular flexibility index (Phi) is 9.46. The molecule has 316 valence electrons. The molecule has 63 heavy (non-hydrogen) atoms. The summed E-state index contributed by atoms with van der Waals surface area (Å²) >= 11 is 0. The molecular weight excluding hydrogens is 761 g/mol. The Labute approximate surface area is 377 Å². The second-order valence-corrected chi connectivity index (χ2v) is 21.2. The number of benzene rings is 7. The number of fused-ring (bicyclic) bond motifs is 5. The number of aryl methyl sites for hydroxylation is 5. The van der Waals surface area contributed by atoms with Crippen LogP contribution in [0.5, 0.6) is 0 Å². The third-order valence-electron chi connectivity index (χ3n) is 14.7. The van der Waals surface area contributed by atoms with Gasteiger partial charge in [-0.1, -0.05) is 127 Å². The van der Waals surface area contributed by atoms with Crippen LogP contribution in [0.25, 0.3) is 0 Å². The van der Waals surface area contributed by atoms with Crippen LogP contribution in [0.3, 0.4) is 0 Å². The van der Waals surface area contributed by atoms with E-state index >= 15 is 0 Å². The van der Waals surface area contributed by atoms with Gasteiger partial charge in [-0.25, -0.2) is 0 Å². The lowest BCUT2D eigenvalue weighted by Gasteiger charge is -2.48. The summed E-state index contributed by atoms with van der Waals surface area (Å²) in [5, 5.41) is 0. The van der Waals surface area contributed by atoms with Gasteiger partial charge in [0.2, 0.25) is 0 Å². The molecule has 0 radical (unpaired) electrons. The van der Waals surface area contributed by atoms with Gasteiger partial charge in [-0.15, -0.1) is 0 Å². The topological polar surface area (TPSA) is 9.72 Å². The maximum Gasteiger partial charge on any atom is 0.252 e. The van der Waals surface area contributed by atoms with Crippen LogP contribution in [-0.2, 0) is 16.2 Å². The third kappa shape index (κ3) is 6.54. The maximum absolute atomic E-state index is 2.68. The zero-order valence-electron chi connectivity index (χ0n) is 39.5. The highest BCUT2D eigenvalue weighted by molar-refractivity contribution is 7.00. The molecule has 0 spiro atoms. The quantitative estimate of drug-likeness (QED) is 0.160. The normalized spacial score (nSPS) is 15.7. The summed E-state index contributed by atoms with van der Waals surface area (Å²) < 4.78 is 0. The first kappa shape index (κ1) is 41.0. The summed E-state index contributed by atoms with van der Waals surface area (Å²) in [5.74, 6) is 0. The van der Waals surface area contributed by atoms with E-state index < -0.39 is 0 Å². The van der Waals surface area contributed by atoms with Gasteiger partial charge in [-0.3, -0.25) is 0 Å². The van der Waals surface area contributed by atoms with E-state index in [0.29, 0.717) is 0 Å². The summed E-state index contributed by atoms with van der Waals surface area (Å²) in [6.07, 6.45) is 2.34. The summed E-state index contributed by atoms with van der Waals surface area (Å²) in [6.45, 7) is 28.4. The van der Waals surface area contributed by atoms with Gasteiger partial charge < -0.3 is 14.7 Å². The number of hydrogen-bond donors (Lipinski definition) is 0. The van der Waals surface area contributed by atoms with Crippen LogP contribution < -0.4 is 31.1 Å². The Morgan fingerprint density at radius 1 is 0.476 bits per heavy atom. The van der Waals surface area contributed by atoms with Crippen LogP contribution in [-0.4, -0.2) is 6.71 Å². The van der Waals surface area contributed by atoms with Crippen LogP contribution in [0.1, 0.15) is 106 Å². The minimum absolute atomic E-state index is 0.0222. The first-order valence-corrected chi connectivity index (χ1v) is 23.1. The maximum atomic E-state index is 2.68. The van der Waals surface area contributed by atoms with Gasteiger partial charge >= 0.3 is 0 Å². The fourth-order valence-electron chi connectivity index (χ4n) is 11.3. The standard InChI is InChI=1S/C59H62BN3/c1-37-30-52-54-53(31-37)63(56-40(4)32-42(33-41(56)5)57(6,7)8)51-36-47-46(58(9,10)28-29-59(47,11)12)35-49(51)60(54)48-27-26-45(34-50(48)62(52)55-38(2)20-19-21-39(55)3)61(43-22-15-13-16-23-43)44-24-17-14-18-25-44/h13-27,30-36H,28-29H2,1-12H3. The van der Waals surface area contributed by atoms with Crippen LogP contribution in [0.2, 0.25) is 0 Å². The van der Waals surface area contributed by atoms with Crippen molar-refractivity contribution in [1.82, 2.24) is 0 Å². The van der Waals surface area contributed by atoms with Crippen LogP contribution >= 0.6 is 0 Å². The average Bonchev–Trinajstić information content (AvgIpc) is 3.23. The molecule has 2 aliphatic heterocycles. The summed E-state index contributed by atoms with van der Waals surface area (Å²) in [6, 6.07) is 50.9. The van der Waals surface area contributed by atoms with E-state index in [-0.39, 0.29) is 23.0 Å². The van der Waals surface area contributed by atoms with Gasteiger partial charge in [0.1, 0.15) is 0 Å². The van der Waals surface area contributed by atoms with Crippen molar-refractivity contribution in [3.05, 3.63) is 178 Å². The smallest absolute Gasteiger partial charge is 0.252 e. The van der Waals surface area contributed by atoms with Crippen molar-refractivity contribution in [3.63, 3.8) is 0 Å². The van der Waals surface area contributed by atoms with Crippen molar-refractivity contribution in [2.45, 2.75) is 112 Å². The average molecular weight is 824 g/mol. The molecular formula is C59H62BN3. The van der Waals surface area contributed by atoms with Crippen LogP contribution in [0.15, 0.2) is 133 Å². The van der Waals surface area contributed by atoms with E-state index in [2.05, 4.69) is 231 Å². The van der Waals surface area contributed by atoms with E-state index in [4.69, 9.17) is 0 Å². The van der Waals surface area contributed by atoms with Crippen molar-refractivity contribution in [2.75, 3.05) is 14.7 Å². The second kappa shape index (κ2) is 14.5. The fourth-order valence-corrected chi connectivity index (χ4v) is 11.3. The predicted octanol–water partition coefficient (Wildman–Crippen LogP) is 14.4. The van der Waals surface area contributed by atoms with Gasteiger partial charge in [0.15, 0.2) is 0 Å². The molecule has 1 aliphatic carbocycles.